The minimum absolute atomic E-state index is 0.0990. The van der Waals surface area contributed by atoms with E-state index >= 15 is 0 Å². The van der Waals surface area contributed by atoms with Gasteiger partial charge in [0.1, 0.15) is 11.4 Å². The van der Waals surface area contributed by atoms with Crippen molar-refractivity contribution in [2.24, 2.45) is 5.92 Å². The van der Waals surface area contributed by atoms with Crippen LogP contribution >= 0.6 is 0 Å². The van der Waals surface area contributed by atoms with E-state index in [9.17, 15) is 0 Å². The number of hydrogen-bond donors (Lipinski definition) is 0. The van der Waals surface area contributed by atoms with Crippen LogP contribution in [0.1, 0.15) is 50.3 Å². The normalized spacial score (nSPS) is 24.4. The van der Waals surface area contributed by atoms with Gasteiger partial charge >= 0.3 is 0 Å². The number of hydrogen-bond acceptors (Lipinski definition) is 2. The first-order valence-corrected chi connectivity index (χ1v) is 11.2. The fourth-order valence-corrected chi connectivity index (χ4v) is 5.15. The molecule has 0 amide bonds. The molecule has 30 heavy (non-hydrogen) atoms. The second-order valence-electron chi connectivity index (χ2n) is 9.18. The van der Waals surface area contributed by atoms with Gasteiger partial charge in [0, 0.05) is 17.0 Å². The quantitative estimate of drug-likeness (QED) is 0.471. The summed E-state index contributed by atoms with van der Waals surface area (Å²) in [6, 6.07) is 27.8. The van der Waals surface area contributed by atoms with E-state index in [2.05, 4.69) is 92.7 Å². The van der Waals surface area contributed by atoms with Crippen molar-refractivity contribution in [3.05, 3.63) is 90.0 Å². The highest BCUT2D eigenvalue weighted by atomic mass is 16.5. The van der Waals surface area contributed by atoms with Crippen LogP contribution in [-0.4, -0.2) is 11.7 Å². The van der Waals surface area contributed by atoms with Gasteiger partial charge in [0.05, 0.1) is 12.2 Å². The summed E-state index contributed by atoms with van der Waals surface area (Å²) in [6.07, 6.45) is 4.79. The van der Waals surface area contributed by atoms with E-state index in [0.717, 1.165) is 37.0 Å². The zero-order valence-electron chi connectivity index (χ0n) is 17.9. The van der Waals surface area contributed by atoms with Gasteiger partial charge in [0.2, 0.25) is 0 Å². The minimum atomic E-state index is -0.243. The van der Waals surface area contributed by atoms with Crippen LogP contribution in [0, 0.1) is 5.92 Å². The van der Waals surface area contributed by atoms with Gasteiger partial charge in [-0.05, 0) is 50.7 Å². The maximum Gasteiger partial charge on any atom is 0.133 e. The lowest BCUT2D eigenvalue weighted by atomic mass is 9.74. The van der Waals surface area contributed by atoms with Gasteiger partial charge in [-0.15, -0.1) is 0 Å². The highest BCUT2D eigenvalue weighted by Gasteiger charge is 2.48. The number of para-hydroxylation sites is 1. The lowest BCUT2D eigenvalue weighted by Crippen LogP contribution is -2.48. The molecule has 1 fully saturated rings. The number of fused-ring (bicyclic) bond motifs is 3. The van der Waals surface area contributed by atoms with Gasteiger partial charge in [-0.3, -0.25) is 0 Å². The Hall–Kier alpha value is -2.58. The van der Waals surface area contributed by atoms with Crippen LogP contribution in [-0.2, 0) is 11.2 Å². The van der Waals surface area contributed by atoms with Crippen molar-refractivity contribution in [2.45, 2.75) is 57.3 Å². The Labute approximate surface area is 179 Å². The molecule has 0 aromatic heterocycles. The van der Waals surface area contributed by atoms with Crippen molar-refractivity contribution >= 4 is 0 Å². The summed E-state index contributed by atoms with van der Waals surface area (Å²) in [6.45, 7) is 4.45. The maximum absolute atomic E-state index is 6.79. The van der Waals surface area contributed by atoms with Crippen molar-refractivity contribution in [3.8, 4) is 16.9 Å². The predicted molar refractivity (Wildman–Crippen MR) is 122 cm³/mol. The zero-order valence-corrected chi connectivity index (χ0v) is 17.9. The molecule has 154 valence electrons. The molecule has 0 spiro atoms. The number of rotatable bonds is 4. The molecule has 2 heterocycles. The molecule has 2 aliphatic rings. The molecule has 2 nitrogen and oxygen atoms in total. The lowest BCUT2D eigenvalue weighted by molar-refractivity contribution is -0.150. The van der Waals surface area contributed by atoms with E-state index in [1.807, 2.05) is 0 Å². The van der Waals surface area contributed by atoms with E-state index in [0.29, 0.717) is 12.0 Å². The summed E-state index contributed by atoms with van der Waals surface area (Å²) in [4.78, 5) is 0. The van der Waals surface area contributed by atoms with Crippen molar-refractivity contribution in [3.63, 3.8) is 0 Å². The monoisotopic (exact) mass is 398 g/mol. The first-order valence-electron chi connectivity index (χ1n) is 11.2. The third-order valence-corrected chi connectivity index (χ3v) is 6.80. The largest absolute Gasteiger partial charge is 0.486 e. The van der Waals surface area contributed by atoms with Crippen LogP contribution < -0.4 is 4.74 Å². The van der Waals surface area contributed by atoms with Gasteiger partial charge in [0.25, 0.3) is 0 Å². The summed E-state index contributed by atoms with van der Waals surface area (Å²) >= 11 is 0. The second kappa shape index (κ2) is 7.92. The van der Waals surface area contributed by atoms with E-state index in [1.54, 1.807) is 0 Å². The molecular formula is C28H30O2. The molecule has 3 aromatic rings. The molecule has 3 atom stereocenters. The van der Waals surface area contributed by atoms with Gasteiger partial charge in [-0.2, -0.15) is 0 Å². The molecule has 1 saturated heterocycles. The van der Waals surface area contributed by atoms with Crippen LogP contribution in [0.5, 0.6) is 5.75 Å². The van der Waals surface area contributed by atoms with Crippen molar-refractivity contribution in [1.82, 2.24) is 0 Å². The Morgan fingerprint density at radius 3 is 2.33 bits per heavy atom. The van der Waals surface area contributed by atoms with Crippen LogP contribution in [0.3, 0.4) is 0 Å². The van der Waals surface area contributed by atoms with Crippen molar-refractivity contribution in [2.75, 3.05) is 0 Å². The molecule has 0 radical (unpaired) electrons. The molecule has 5 rings (SSSR count). The summed E-state index contributed by atoms with van der Waals surface area (Å²) in [5.41, 5.74) is 4.72. The molecular weight excluding hydrogens is 368 g/mol. The molecule has 3 aromatic carbocycles. The summed E-state index contributed by atoms with van der Waals surface area (Å²) in [7, 11) is 0. The number of ether oxygens (including phenoxy) is 2. The average Bonchev–Trinajstić information content (AvgIpc) is 2.78. The first-order chi connectivity index (χ1) is 14.6. The Morgan fingerprint density at radius 1 is 0.833 bits per heavy atom. The van der Waals surface area contributed by atoms with Crippen molar-refractivity contribution < 1.29 is 9.47 Å². The average molecular weight is 399 g/mol. The van der Waals surface area contributed by atoms with E-state index in [1.165, 1.54) is 16.7 Å². The lowest BCUT2D eigenvalue weighted by Gasteiger charge is -2.49. The molecule has 0 unspecified atom stereocenters. The molecule has 0 bridgehead atoms. The predicted octanol–water partition coefficient (Wildman–Crippen LogP) is 6.99. The first kappa shape index (κ1) is 19.4. The number of aryl methyl sites for hydroxylation is 1. The van der Waals surface area contributed by atoms with E-state index < -0.39 is 0 Å². The Bertz CT molecular complexity index is 994. The Morgan fingerprint density at radius 2 is 1.57 bits per heavy atom. The fraction of sp³-hybridized carbons (Fsp3) is 0.357. The molecule has 0 saturated carbocycles. The summed E-state index contributed by atoms with van der Waals surface area (Å²) in [5.74, 6) is 1.38. The van der Waals surface area contributed by atoms with Crippen LogP contribution in [0.2, 0.25) is 0 Å². The highest BCUT2D eigenvalue weighted by Crippen LogP contribution is 2.53. The molecule has 0 N–H and O–H groups in total. The standard InChI is InChI=1S/C28H30O2/c1-28(2)25-19-18-22(17-16-20-10-5-3-6-11-20)29-27(25)24-15-9-14-23(26(24)30-28)21-12-7-4-8-13-21/h3-15,22,25,27H,16-19H2,1-2H3/t22-,25-,27+/m0/s1. The van der Waals surface area contributed by atoms with Gasteiger partial charge in [-0.1, -0.05) is 78.9 Å². The van der Waals surface area contributed by atoms with Crippen molar-refractivity contribution in [1.29, 1.82) is 0 Å². The smallest absolute Gasteiger partial charge is 0.133 e. The Kier molecular flexibility index (Phi) is 5.12. The zero-order chi connectivity index (χ0) is 20.6. The third kappa shape index (κ3) is 3.65. The fourth-order valence-electron chi connectivity index (χ4n) is 5.15. The van der Waals surface area contributed by atoms with Gasteiger partial charge in [-0.25, -0.2) is 0 Å². The van der Waals surface area contributed by atoms with Crippen LogP contribution in [0.4, 0.5) is 0 Å². The van der Waals surface area contributed by atoms with Crippen LogP contribution in [0.25, 0.3) is 11.1 Å². The SMILES string of the molecule is CC1(C)Oc2c(-c3ccccc3)cccc2[C@H]2O[C@@H](CCc3ccccc3)CC[C@@H]21. The minimum Gasteiger partial charge on any atom is -0.486 e. The van der Waals surface area contributed by atoms with Gasteiger partial charge < -0.3 is 9.47 Å². The Balaban J connectivity index is 1.44. The van der Waals surface area contributed by atoms with Gasteiger partial charge in [0.15, 0.2) is 0 Å². The summed E-state index contributed by atoms with van der Waals surface area (Å²) < 4.78 is 13.4. The van der Waals surface area contributed by atoms with Crippen LogP contribution in [0.15, 0.2) is 78.9 Å². The second-order valence-corrected chi connectivity index (χ2v) is 9.18. The maximum atomic E-state index is 6.79. The summed E-state index contributed by atoms with van der Waals surface area (Å²) in [5, 5.41) is 0. The molecule has 2 aliphatic heterocycles. The molecule has 0 aliphatic carbocycles. The third-order valence-electron chi connectivity index (χ3n) is 6.80. The molecule has 2 heteroatoms. The number of benzene rings is 3. The van der Waals surface area contributed by atoms with E-state index in [4.69, 9.17) is 9.47 Å². The highest BCUT2D eigenvalue weighted by molar-refractivity contribution is 5.73. The van der Waals surface area contributed by atoms with E-state index in [-0.39, 0.29) is 11.7 Å². The topological polar surface area (TPSA) is 18.5 Å².